The van der Waals surface area contributed by atoms with Gasteiger partial charge < -0.3 is 0 Å². The molecule has 0 atom stereocenters. The second-order valence-corrected chi connectivity index (χ2v) is 7.80. The molecule has 21 heavy (non-hydrogen) atoms. The lowest BCUT2D eigenvalue weighted by molar-refractivity contribution is 0.288. The summed E-state index contributed by atoms with van der Waals surface area (Å²) < 4.78 is 22.9. The molecule has 1 saturated heterocycles. The molecule has 3 rings (SSSR count). The number of benzene rings is 2. The Bertz CT molecular complexity index is 697. The largest absolute Gasteiger partial charge is 0.297 e. The molecule has 0 bridgehead atoms. The van der Waals surface area contributed by atoms with Gasteiger partial charge in [-0.15, -0.1) is 0 Å². The van der Waals surface area contributed by atoms with E-state index in [1.165, 1.54) is 16.7 Å². The maximum absolute atomic E-state index is 11.5. The van der Waals surface area contributed by atoms with Gasteiger partial charge in [0.1, 0.15) is 0 Å². The van der Waals surface area contributed by atoms with Crippen molar-refractivity contribution < 1.29 is 8.42 Å². The first-order valence-electron chi connectivity index (χ1n) is 7.19. The van der Waals surface area contributed by atoms with Gasteiger partial charge in [-0.25, -0.2) is 8.42 Å². The van der Waals surface area contributed by atoms with E-state index >= 15 is 0 Å². The van der Waals surface area contributed by atoms with Crippen molar-refractivity contribution in [3.63, 3.8) is 0 Å². The average molecular weight is 301 g/mol. The van der Waals surface area contributed by atoms with E-state index in [1.807, 2.05) is 18.2 Å². The molecule has 0 radical (unpaired) electrons. The molecule has 3 nitrogen and oxygen atoms in total. The quantitative estimate of drug-likeness (QED) is 0.874. The van der Waals surface area contributed by atoms with Crippen molar-refractivity contribution in [3.8, 4) is 11.1 Å². The smallest absolute Gasteiger partial charge is 0.152 e. The van der Waals surface area contributed by atoms with Crippen LogP contribution < -0.4 is 0 Å². The number of hydrogen-bond acceptors (Lipinski definition) is 3. The van der Waals surface area contributed by atoms with Crippen LogP contribution in [0.4, 0.5) is 0 Å². The van der Waals surface area contributed by atoms with Gasteiger partial charge in [0.15, 0.2) is 9.84 Å². The van der Waals surface area contributed by atoms with E-state index in [4.69, 9.17) is 0 Å². The van der Waals surface area contributed by atoms with Crippen LogP contribution >= 0.6 is 0 Å². The molecule has 0 N–H and O–H groups in total. The molecule has 1 heterocycles. The summed E-state index contributed by atoms with van der Waals surface area (Å²) in [7, 11) is -2.80. The molecule has 1 aliphatic rings. The van der Waals surface area contributed by atoms with Gasteiger partial charge >= 0.3 is 0 Å². The van der Waals surface area contributed by atoms with Gasteiger partial charge in [0.2, 0.25) is 0 Å². The zero-order chi connectivity index (χ0) is 14.7. The van der Waals surface area contributed by atoms with Crippen LogP contribution in [0.2, 0.25) is 0 Å². The summed E-state index contributed by atoms with van der Waals surface area (Å²) in [5, 5.41) is 0. The minimum Gasteiger partial charge on any atom is -0.297 e. The Morgan fingerprint density at radius 3 is 2.24 bits per heavy atom. The van der Waals surface area contributed by atoms with Crippen molar-refractivity contribution in [2.45, 2.75) is 6.54 Å². The normalized spacial score (nSPS) is 18.5. The maximum atomic E-state index is 11.5. The fourth-order valence-electron chi connectivity index (χ4n) is 2.65. The second kappa shape index (κ2) is 6.00. The predicted molar refractivity (Wildman–Crippen MR) is 85.8 cm³/mol. The van der Waals surface area contributed by atoms with Gasteiger partial charge in [-0.3, -0.25) is 4.90 Å². The van der Waals surface area contributed by atoms with Crippen LogP contribution in [-0.2, 0) is 16.4 Å². The summed E-state index contributed by atoms with van der Waals surface area (Å²) >= 11 is 0. The van der Waals surface area contributed by atoms with Crippen LogP contribution in [0.15, 0.2) is 54.6 Å². The highest BCUT2D eigenvalue weighted by Gasteiger charge is 2.21. The standard InChI is InChI=1S/C17H19NO2S/c19-21(20)11-9-18(10-12-21)14-15-5-4-8-17(13-15)16-6-2-1-3-7-16/h1-8,13H,9-12,14H2. The van der Waals surface area contributed by atoms with Crippen molar-refractivity contribution in [2.75, 3.05) is 24.6 Å². The molecular formula is C17H19NO2S. The molecule has 1 aliphatic heterocycles. The van der Waals surface area contributed by atoms with E-state index in [2.05, 4.69) is 41.3 Å². The fourth-order valence-corrected chi connectivity index (χ4v) is 3.92. The molecule has 4 heteroatoms. The lowest BCUT2D eigenvalue weighted by Gasteiger charge is -2.26. The third-order valence-corrected chi connectivity index (χ3v) is 5.49. The Morgan fingerprint density at radius 1 is 0.857 bits per heavy atom. The zero-order valence-electron chi connectivity index (χ0n) is 11.9. The van der Waals surface area contributed by atoms with Gasteiger partial charge in [0.05, 0.1) is 11.5 Å². The van der Waals surface area contributed by atoms with E-state index in [0.29, 0.717) is 13.1 Å². The summed E-state index contributed by atoms with van der Waals surface area (Å²) in [4.78, 5) is 2.21. The average Bonchev–Trinajstić information content (AvgIpc) is 2.51. The molecular weight excluding hydrogens is 282 g/mol. The Morgan fingerprint density at radius 2 is 1.52 bits per heavy atom. The number of hydrogen-bond donors (Lipinski definition) is 0. The molecule has 0 aromatic heterocycles. The maximum Gasteiger partial charge on any atom is 0.152 e. The van der Waals surface area contributed by atoms with Crippen molar-refractivity contribution in [2.24, 2.45) is 0 Å². The second-order valence-electron chi connectivity index (χ2n) is 5.49. The minimum atomic E-state index is -2.80. The minimum absolute atomic E-state index is 0.283. The summed E-state index contributed by atoms with van der Waals surface area (Å²) in [6.45, 7) is 2.09. The molecule has 0 spiro atoms. The van der Waals surface area contributed by atoms with Crippen molar-refractivity contribution in [1.29, 1.82) is 0 Å². The van der Waals surface area contributed by atoms with Gasteiger partial charge in [0, 0.05) is 19.6 Å². The van der Waals surface area contributed by atoms with Crippen molar-refractivity contribution in [3.05, 3.63) is 60.2 Å². The monoisotopic (exact) mass is 301 g/mol. The molecule has 2 aromatic rings. The zero-order valence-corrected chi connectivity index (χ0v) is 12.7. The SMILES string of the molecule is O=S1(=O)CCN(Cc2cccc(-c3ccccc3)c2)CC1. The van der Waals surface area contributed by atoms with E-state index in [1.54, 1.807) is 0 Å². The van der Waals surface area contributed by atoms with Gasteiger partial charge in [0.25, 0.3) is 0 Å². The fraction of sp³-hybridized carbons (Fsp3) is 0.294. The van der Waals surface area contributed by atoms with Crippen LogP contribution in [0.25, 0.3) is 11.1 Å². The van der Waals surface area contributed by atoms with Crippen molar-refractivity contribution >= 4 is 9.84 Å². The van der Waals surface area contributed by atoms with Crippen LogP contribution in [0, 0.1) is 0 Å². The summed E-state index contributed by atoms with van der Waals surface area (Å²) in [5.74, 6) is 0.566. The molecule has 1 fully saturated rings. The van der Waals surface area contributed by atoms with Crippen LogP contribution in [-0.4, -0.2) is 37.9 Å². The summed E-state index contributed by atoms with van der Waals surface area (Å²) in [6, 6.07) is 18.8. The molecule has 0 amide bonds. The highest BCUT2D eigenvalue weighted by molar-refractivity contribution is 7.91. The Labute approximate surface area is 126 Å². The van der Waals surface area contributed by atoms with E-state index in [-0.39, 0.29) is 11.5 Å². The first-order chi connectivity index (χ1) is 10.1. The lowest BCUT2D eigenvalue weighted by atomic mass is 10.0. The van der Waals surface area contributed by atoms with Gasteiger partial charge in [-0.05, 0) is 22.8 Å². The third kappa shape index (κ3) is 3.71. The van der Waals surface area contributed by atoms with Crippen LogP contribution in [0.3, 0.4) is 0 Å². The Hall–Kier alpha value is -1.65. The van der Waals surface area contributed by atoms with Crippen LogP contribution in [0.1, 0.15) is 5.56 Å². The van der Waals surface area contributed by atoms with Gasteiger partial charge in [-0.1, -0.05) is 48.5 Å². The number of sulfone groups is 1. The Balaban J connectivity index is 1.72. The molecule has 2 aromatic carbocycles. The van der Waals surface area contributed by atoms with Crippen molar-refractivity contribution in [1.82, 2.24) is 4.90 Å². The molecule has 110 valence electrons. The molecule has 0 unspecified atom stereocenters. The van der Waals surface area contributed by atoms with Crippen LogP contribution in [0.5, 0.6) is 0 Å². The highest BCUT2D eigenvalue weighted by Crippen LogP contribution is 2.21. The van der Waals surface area contributed by atoms with E-state index in [9.17, 15) is 8.42 Å². The summed E-state index contributed by atoms with van der Waals surface area (Å²) in [6.07, 6.45) is 0. The summed E-state index contributed by atoms with van der Waals surface area (Å²) in [5.41, 5.74) is 3.65. The topological polar surface area (TPSA) is 37.4 Å². The Kier molecular flexibility index (Phi) is 4.08. The first-order valence-corrected chi connectivity index (χ1v) is 9.02. The number of nitrogens with zero attached hydrogens (tertiary/aromatic N) is 1. The van der Waals surface area contributed by atoms with Gasteiger partial charge in [-0.2, -0.15) is 0 Å². The first kappa shape index (κ1) is 14.3. The third-order valence-electron chi connectivity index (χ3n) is 3.88. The molecule has 0 saturated carbocycles. The van der Waals surface area contributed by atoms with E-state index in [0.717, 1.165) is 6.54 Å². The lowest BCUT2D eigenvalue weighted by Crippen LogP contribution is -2.39. The van der Waals surface area contributed by atoms with E-state index < -0.39 is 9.84 Å². The predicted octanol–water partition coefficient (Wildman–Crippen LogP) is 2.58. The number of rotatable bonds is 3. The highest BCUT2D eigenvalue weighted by atomic mass is 32.2. The molecule has 0 aliphatic carbocycles.